The molecule has 0 saturated carbocycles. The molecule has 1 aromatic rings. The van der Waals surface area contributed by atoms with Crippen LogP contribution in [-0.4, -0.2) is 19.3 Å². The maximum absolute atomic E-state index is 6.18. The fourth-order valence-electron chi connectivity index (χ4n) is 1.92. The van der Waals surface area contributed by atoms with E-state index in [1.54, 1.807) is 0 Å². The Bertz CT molecular complexity index is 366. The summed E-state index contributed by atoms with van der Waals surface area (Å²) in [6.07, 6.45) is 1.14. The van der Waals surface area contributed by atoms with Gasteiger partial charge in [-0.3, -0.25) is 0 Å². The minimum atomic E-state index is 0.403. The van der Waals surface area contributed by atoms with Crippen molar-refractivity contribution in [2.45, 2.75) is 19.4 Å². The van der Waals surface area contributed by atoms with Crippen molar-refractivity contribution in [3.63, 3.8) is 0 Å². The van der Waals surface area contributed by atoms with Gasteiger partial charge < -0.3 is 10.1 Å². The first-order valence-electron chi connectivity index (χ1n) is 5.46. The van der Waals surface area contributed by atoms with Gasteiger partial charge in [-0.2, -0.15) is 0 Å². The highest BCUT2D eigenvalue weighted by Crippen LogP contribution is 2.27. The van der Waals surface area contributed by atoms with Crippen molar-refractivity contribution in [3.8, 4) is 0 Å². The summed E-state index contributed by atoms with van der Waals surface area (Å²) in [6, 6.07) is 6.48. The first-order valence-corrected chi connectivity index (χ1v) is 6.92. The summed E-state index contributed by atoms with van der Waals surface area (Å²) in [7, 11) is 0. The van der Waals surface area contributed by atoms with E-state index in [1.165, 1.54) is 0 Å². The maximum Gasteiger partial charge on any atom is 0.0648 e. The Morgan fingerprint density at radius 1 is 1.56 bits per heavy atom. The molecule has 0 amide bonds. The molecule has 0 aliphatic carbocycles. The molecule has 1 N–H and O–H groups in total. The zero-order chi connectivity index (χ0) is 11.5. The third-order valence-corrected chi connectivity index (χ3v) is 3.97. The number of nitrogens with one attached hydrogen (secondary N) is 1. The topological polar surface area (TPSA) is 21.3 Å². The van der Waals surface area contributed by atoms with E-state index in [0.717, 1.165) is 33.9 Å². The van der Waals surface area contributed by atoms with Crippen LogP contribution in [0.4, 0.5) is 5.69 Å². The molecule has 0 radical (unpaired) electrons. The lowest BCUT2D eigenvalue weighted by Crippen LogP contribution is -2.26. The summed E-state index contributed by atoms with van der Waals surface area (Å²) in [5.74, 6) is 0.593. The van der Waals surface area contributed by atoms with E-state index < -0.39 is 0 Å². The van der Waals surface area contributed by atoms with Crippen LogP contribution in [0, 0.1) is 9.49 Å². The molecule has 2 rings (SSSR count). The molecule has 1 heterocycles. The van der Waals surface area contributed by atoms with Crippen molar-refractivity contribution in [1.29, 1.82) is 0 Å². The second-order valence-corrected chi connectivity index (χ2v) is 5.83. The van der Waals surface area contributed by atoms with Crippen molar-refractivity contribution >= 4 is 39.9 Å². The summed E-state index contributed by atoms with van der Waals surface area (Å²) in [5, 5.41) is 4.25. The third-order valence-electron chi connectivity index (χ3n) is 2.99. The van der Waals surface area contributed by atoms with E-state index in [1.807, 2.05) is 12.1 Å². The number of hydrogen-bond donors (Lipinski definition) is 1. The van der Waals surface area contributed by atoms with Gasteiger partial charge in [0.05, 0.1) is 17.3 Å². The van der Waals surface area contributed by atoms with Gasteiger partial charge >= 0.3 is 0 Å². The molecule has 0 aromatic heterocycles. The van der Waals surface area contributed by atoms with Crippen LogP contribution < -0.4 is 5.32 Å². The summed E-state index contributed by atoms with van der Waals surface area (Å²) >= 11 is 8.44. The van der Waals surface area contributed by atoms with Crippen molar-refractivity contribution in [3.05, 3.63) is 26.8 Å². The monoisotopic (exact) mass is 351 g/mol. The van der Waals surface area contributed by atoms with Crippen molar-refractivity contribution in [2.24, 2.45) is 5.92 Å². The lowest BCUT2D eigenvalue weighted by atomic mass is 10.0. The zero-order valence-electron chi connectivity index (χ0n) is 9.17. The fourth-order valence-corrected chi connectivity index (χ4v) is 2.83. The number of hydrogen-bond acceptors (Lipinski definition) is 2. The Labute approximate surface area is 115 Å². The summed E-state index contributed by atoms with van der Waals surface area (Å²) in [6.45, 7) is 3.93. The molecule has 16 heavy (non-hydrogen) atoms. The van der Waals surface area contributed by atoms with Crippen LogP contribution in [0.3, 0.4) is 0 Å². The summed E-state index contributed by atoms with van der Waals surface area (Å²) in [5.41, 5.74) is 1.02. The molecule has 1 aromatic carbocycles. The Balaban J connectivity index is 2.02. The molecule has 2 atom stereocenters. The van der Waals surface area contributed by atoms with Crippen molar-refractivity contribution in [1.82, 2.24) is 0 Å². The number of halogens is 2. The lowest BCUT2D eigenvalue weighted by molar-refractivity contribution is 0.183. The second-order valence-electron chi connectivity index (χ2n) is 4.18. The lowest BCUT2D eigenvalue weighted by Gasteiger charge is -2.21. The molecule has 1 aliphatic rings. The van der Waals surface area contributed by atoms with Crippen molar-refractivity contribution < 1.29 is 4.74 Å². The molecular weight excluding hydrogens is 336 g/mol. The third kappa shape index (κ3) is 3.02. The van der Waals surface area contributed by atoms with Crippen LogP contribution in [0.1, 0.15) is 13.3 Å². The summed E-state index contributed by atoms with van der Waals surface area (Å²) < 4.78 is 6.55. The molecule has 1 saturated heterocycles. The van der Waals surface area contributed by atoms with E-state index in [9.17, 15) is 0 Å². The standard InChI is InChI=1S/C12H15ClINO/c1-8(9-4-5-16-7-9)15-12-3-2-10(14)6-11(12)13/h2-3,6,8-9,15H,4-5,7H2,1H3. The minimum absolute atomic E-state index is 0.403. The SMILES string of the molecule is CC(Nc1ccc(I)cc1Cl)C1CCOC1. The van der Waals surface area contributed by atoms with Gasteiger partial charge in [-0.25, -0.2) is 0 Å². The largest absolute Gasteiger partial charge is 0.381 e. The van der Waals surface area contributed by atoms with Gasteiger partial charge in [-0.05, 0) is 54.1 Å². The van der Waals surface area contributed by atoms with Gasteiger partial charge in [0, 0.05) is 22.1 Å². The Morgan fingerprint density at radius 3 is 3.00 bits per heavy atom. The molecule has 2 unspecified atom stereocenters. The Kier molecular flexibility index (Phi) is 4.33. The summed E-state index contributed by atoms with van der Waals surface area (Å²) in [4.78, 5) is 0. The number of anilines is 1. The normalized spacial score (nSPS) is 22.1. The highest BCUT2D eigenvalue weighted by atomic mass is 127. The first kappa shape index (κ1) is 12.5. The fraction of sp³-hybridized carbons (Fsp3) is 0.500. The first-order chi connectivity index (χ1) is 7.66. The smallest absolute Gasteiger partial charge is 0.0648 e. The van der Waals surface area contributed by atoms with E-state index in [4.69, 9.17) is 16.3 Å². The molecule has 4 heteroatoms. The molecule has 0 bridgehead atoms. The van der Waals surface area contributed by atoms with Gasteiger partial charge in [-0.15, -0.1) is 0 Å². The van der Waals surface area contributed by atoms with Crippen LogP contribution in [0.2, 0.25) is 5.02 Å². The van der Waals surface area contributed by atoms with Gasteiger partial charge in [0.25, 0.3) is 0 Å². The number of benzene rings is 1. The van der Waals surface area contributed by atoms with Gasteiger partial charge in [0.1, 0.15) is 0 Å². The van der Waals surface area contributed by atoms with Gasteiger partial charge in [-0.1, -0.05) is 11.6 Å². The molecular formula is C12H15ClINO. The van der Waals surface area contributed by atoms with Crippen LogP contribution in [0.15, 0.2) is 18.2 Å². The number of ether oxygens (including phenoxy) is 1. The van der Waals surface area contributed by atoms with Crippen LogP contribution in [0.5, 0.6) is 0 Å². The molecule has 0 spiro atoms. The predicted octanol–water partition coefficient (Wildman–Crippen LogP) is 3.78. The highest BCUT2D eigenvalue weighted by molar-refractivity contribution is 14.1. The predicted molar refractivity (Wildman–Crippen MR) is 76.2 cm³/mol. The van der Waals surface area contributed by atoms with Crippen molar-refractivity contribution in [2.75, 3.05) is 18.5 Å². The minimum Gasteiger partial charge on any atom is -0.381 e. The van der Waals surface area contributed by atoms with E-state index in [2.05, 4.69) is 40.9 Å². The second kappa shape index (κ2) is 5.56. The van der Waals surface area contributed by atoms with Crippen LogP contribution in [0.25, 0.3) is 0 Å². The van der Waals surface area contributed by atoms with E-state index >= 15 is 0 Å². The maximum atomic E-state index is 6.18. The Morgan fingerprint density at radius 2 is 2.38 bits per heavy atom. The van der Waals surface area contributed by atoms with Gasteiger partial charge in [0.2, 0.25) is 0 Å². The van der Waals surface area contributed by atoms with Crippen LogP contribution >= 0.6 is 34.2 Å². The molecule has 2 nitrogen and oxygen atoms in total. The number of rotatable bonds is 3. The van der Waals surface area contributed by atoms with E-state index in [-0.39, 0.29) is 0 Å². The average molecular weight is 352 g/mol. The van der Waals surface area contributed by atoms with E-state index in [0.29, 0.717) is 12.0 Å². The molecule has 1 fully saturated rings. The highest BCUT2D eigenvalue weighted by Gasteiger charge is 2.22. The molecule has 1 aliphatic heterocycles. The van der Waals surface area contributed by atoms with Crippen LogP contribution in [-0.2, 0) is 4.74 Å². The Hall–Kier alpha value is -0.000000000000000132. The quantitative estimate of drug-likeness (QED) is 0.837. The average Bonchev–Trinajstić information content (AvgIpc) is 2.75. The molecule has 88 valence electrons. The van der Waals surface area contributed by atoms with Gasteiger partial charge in [0.15, 0.2) is 0 Å². The zero-order valence-corrected chi connectivity index (χ0v) is 12.1.